The molecule has 0 spiro atoms. The number of nitrogens with one attached hydrogen (secondary N) is 1. The van der Waals surface area contributed by atoms with E-state index in [9.17, 15) is 4.79 Å². The van der Waals surface area contributed by atoms with E-state index in [2.05, 4.69) is 33.5 Å². The van der Waals surface area contributed by atoms with E-state index in [1.807, 2.05) is 42.8 Å². The highest BCUT2D eigenvalue weighted by Gasteiger charge is 2.15. The molecule has 0 bridgehead atoms. The van der Waals surface area contributed by atoms with Crippen molar-refractivity contribution in [2.45, 2.75) is 33.9 Å². The fraction of sp³-hybridized carbons (Fsp3) is 0.238. The molecular weight excluding hydrogens is 368 g/mol. The molecule has 1 N–H and O–H groups in total. The van der Waals surface area contributed by atoms with Gasteiger partial charge >= 0.3 is 0 Å². The van der Waals surface area contributed by atoms with Crippen molar-refractivity contribution in [1.29, 1.82) is 0 Å². The molecule has 0 aliphatic heterocycles. The van der Waals surface area contributed by atoms with Gasteiger partial charge in [0.05, 0.1) is 18.8 Å². The highest BCUT2D eigenvalue weighted by atomic mass is 16.4. The number of aromatic nitrogens is 5. The maximum atomic E-state index is 12.5. The molecular formula is C21H22N6O2. The zero-order chi connectivity index (χ0) is 20.4. The third-order valence-electron chi connectivity index (χ3n) is 4.65. The Balaban J connectivity index is 1.40. The SMILES string of the molecule is Cc1cc(C)n(Cc2ccc(C(=O)Nc3ncn(Cc4ccccc4C)n3)o2)n1. The van der Waals surface area contributed by atoms with Gasteiger partial charge in [0.15, 0.2) is 5.76 Å². The summed E-state index contributed by atoms with van der Waals surface area (Å²) in [5.41, 5.74) is 4.31. The minimum absolute atomic E-state index is 0.205. The van der Waals surface area contributed by atoms with Gasteiger partial charge in [0, 0.05) is 5.69 Å². The van der Waals surface area contributed by atoms with E-state index in [4.69, 9.17) is 4.42 Å². The Morgan fingerprint density at radius 3 is 2.66 bits per heavy atom. The Hall–Kier alpha value is -3.68. The lowest BCUT2D eigenvalue weighted by molar-refractivity contribution is 0.0993. The molecule has 29 heavy (non-hydrogen) atoms. The number of anilines is 1. The number of benzene rings is 1. The normalized spacial score (nSPS) is 11.0. The predicted molar refractivity (Wildman–Crippen MR) is 108 cm³/mol. The van der Waals surface area contributed by atoms with Crippen molar-refractivity contribution in [2.75, 3.05) is 5.32 Å². The topological polar surface area (TPSA) is 90.8 Å². The van der Waals surface area contributed by atoms with Crippen LogP contribution in [-0.2, 0) is 13.1 Å². The largest absolute Gasteiger partial charge is 0.454 e. The Bertz CT molecular complexity index is 1150. The van der Waals surface area contributed by atoms with Crippen LogP contribution in [0.3, 0.4) is 0 Å². The molecule has 0 unspecified atom stereocenters. The lowest BCUT2D eigenvalue weighted by Gasteiger charge is -2.04. The second-order valence-electron chi connectivity index (χ2n) is 7.00. The average molecular weight is 390 g/mol. The van der Waals surface area contributed by atoms with E-state index in [0.717, 1.165) is 17.0 Å². The molecule has 1 aromatic carbocycles. The molecule has 4 aromatic rings. The smallest absolute Gasteiger partial charge is 0.293 e. The van der Waals surface area contributed by atoms with Crippen LogP contribution in [0.5, 0.6) is 0 Å². The molecule has 0 atom stereocenters. The summed E-state index contributed by atoms with van der Waals surface area (Å²) in [5, 5.41) is 11.4. The minimum Gasteiger partial charge on any atom is -0.454 e. The molecule has 1 amide bonds. The van der Waals surface area contributed by atoms with Gasteiger partial charge in [-0.05, 0) is 50.1 Å². The molecule has 148 valence electrons. The van der Waals surface area contributed by atoms with E-state index in [-0.39, 0.29) is 11.7 Å². The maximum absolute atomic E-state index is 12.5. The summed E-state index contributed by atoms with van der Waals surface area (Å²) < 4.78 is 9.20. The van der Waals surface area contributed by atoms with E-state index < -0.39 is 5.91 Å². The van der Waals surface area contributed by atoms with Crippen LogP contribution in [0.25, 0.3) is 0 Å². The summed E-state index contributed by atoms with van der Waals surface area (Å²) in [6.07, 6.45) is 1.60. The number of carbonyl (C=O) groups is 1. The molecule has 4 rings (SSSR count). The lowest BCUT2D eigenvalue weighted by atomic mass is 10.1. The van der Waals surface area contributed by atoms with Crippen molar-refractivity contribution in [3.8, 4) is 0 Å². The summed E-state index contributed by atoms with van der Waals surface area (Å²) in [6, 6.07) is 13.5. The molecule has 3 heterocycles. The molecule has 8 nitrogen and oxygen atoms in total. The summed E-state index contributed by atoms with van der Waals surface area (Å²) in [6.45, 7) is 7.03. The third kappa shape index (κ3) is 4.26. The first-order chi connectivity index (χ1) is 14.0. The van der Waals surface area contributed by atoms with Crippen LogP contribution < -0.4 is 5.32 Å². The van der Waals surface area contributed by atoms with Gasteiger partial charge in [0.1, 0.15) is 12.1 Å². The second-order valence-corrected chi connectivity index (χ2v) is 7.00. The van der Waals surface area contributed by atoms with Gasteiger partial charge in [-0.25, -0.2) is 9.67 Å². The molecule has 0 aliphatic carbocycles. The summed E-state index contributed by atoms with van der Waals surface area (Å²) in [7, 11) is 0. The summed E-state index contributed by atoms with van der Waals surface area (Å²) in [5.74, 6) is 0.703. The van der Waals surface area contributed by atoms with Crippen LogP contribution in [0.4, 0.5) is 5.95 Å². The van der Waals surface area contributed by atoms with Gasteiger partial charge in [-0.15, -0.1) is 5.10 Å². The van der Waals surface area contributed by atoms with Crippen LogP contribution >= 0.6 is 0 Å². The summed E-state index contributed by atoms with van der Waals surface area (Å²) >= 11 is 0. The van der Waals surface area contributed by atoms with Crippen LogP contribution in [-0.4, -0.2) is 30.5 Å². The van der Waals surface area contributed by atoms with Crippen molar-refractivity contribution in [3.05, 3.63) is 82.8 Å². The highest BCUT2D eigenvalue weighted by molar-refractivity contribution is 6.01. The highest BCUT2D eigenvalue weighted by Crippen LogP contribution is 2.13. The Labute approximate surface area is 168 Å². The number of amides is 1. The van der Waals surface area contributed by atoms with Crippen molar-refractivity contribution in [3.63, 3.8) is 0 Å². The molecule has 0 saturated heterocycles. The van der Waals surface area contributed by atoms with E-state index in [0.29, 0.717) is 18.8 Å². The molecule has 8 heteroatoms. The number of hydrogen-bond acceptors (Lipinski definition) is 5. The number of hydrogen-bond donors (Lipinski definition) is 1. The number of furan rings is 1. The third-order valence-corrected chi connectivity index (χ3v) is 4.65. The predicted octanol–water partition coefficient (Wildman–Crippen LogP) is 3.34. The summed E-state index contributed by atoms with van der Waals surface area (Å²) in [4.78, 5) is 16.6. The van der Waals surface area contributed by atoms with E-state index in [1.54, 1.807) is 23.1 Å². The number of nitrogens with zero attached hydrogens (tertiary/aromatic N) is 5. The number of aryl methyl sites for hydroxylation is 3. The Morgan fingerprint density at radius 2 is 1.90 bits per heavy atom. The maximum Gasteiger partial charge on any atom is 0.293 e. The van der Waals surface area contributed by atoms with Gasteiger partial charge in [-0.2, -0.15) is 5.10 Å². The first-order valence-corrected chi connectivity index (χ1v) is 9.33. The molecule has 0 aliphatic rings. The van der Waals surface area contributed by atoms with Crippen LogP contribution in [0.2, 0.25) is 0 Å². The van der Waals surface area contributed by atoms with Crippen molar-refractivity contribution in [1.82, 2.24) is 24.5 Å². The van der Waals surface area contributed by atoms with Gasteiger partial charge in [0.2, 0.25) is 5.95 Å². The molecule has 0 radical (unpaired) electrons. The molecule has 3 aromatic heterocycles. The quantitative estimate of drug-likeness (QED) is 0.545. The fourth-order valence-electron chi connectivity index (χ4n) is 3.12. The molecule has 0 fully saturated rings. The Morgan fingerprint density at radius 1 is 1.07 bits per heavy atom. The second kappa shape index (κ2) is 7.75. The van der Waals surface area contributed by atoms with Gasteiger partial charge < -0.3 is 4.42 Å². The van der Waals surface area contributed by atoms with Gasteiger partial charge in [-0.1, -0.05) is 24.3 Å². The van der Waals surface area contributed by atoms with E-state index in [1.165, 1.54) is 5.56 Å². The minimum atomic E-state index is -0.391. The molecule has 0 saturated carbocycles. The number of rotatable bonds is 6. The lowest BCUT2D eigenvalue weighted by Crippen LogP contribution is -2.13. The zero-order valence-corrected chi connectivity index (χ0v) is 16.6. The van der Waals surface area contributed by atoms with Gasteiger partial charge in [-0.3, -0.25) is 14.8 Å². The first-order valence-electron chi connectivity index (χ1n) is 9.33. The van der Waals surface area contributed by atoms with Crippen LogP contribution in [0.1, 0.15) is 38.8 Å². The van der Waals surface area contributed by atoms with Crippen molar-refractivity contribution >= 4 is 11.9 Å². The first kappa shape index (κ1) is 18.7. The monoisotopic (exact) mass is 390 g/mol. The van der Waals surface area contributed by atoms with Crippen molar-refractivity contribution < 1.29 is 9.21 Å². The van der Waals surface area contributed by atoms with Gasteiger partial charge in [0.25, 0.3) is 5.91 Å². The van der Waals surface area contributed by atoms with E-state index >= 15 is 0 Å². The Kier molecular flexibility index (Phi) is 4.99. The van der Waals surface area contributed by atoms with Crippen LogP contribution in [0, 0.1) is 20.8 Å². The fourth-order valence-corrected chi connectivity index (χ4v) is 3.12. The van der Waals surface area contributed by atoms with Crippen LogP contribution in [0.15, 0.2) is 53.2 Å². The average Bonchev–Trinajstić information content (AvgIpc) is 3.39. The standard InChI is InChI=1S/C21H22N6O2/c1-14-6-4-5-7-17(14)11-26-13-22-21(25-26)23-20(28)19-9-8-18(29-19)12-27-16(3)10-15(2)24-27/h4-10,13H,11-12H2,1-3H3,(H,23,25,28). The van der Waals surface area contributed by atoms with Crippen molar-refractivity contribution in [2.24, 2.45) is 0 Å². The number of carbonyl (C=O) groups excluding carboxylic acids is 1. The zero-order valence-electron chi connectivity index (χ0n) is 16.6.